The third-order valence-electron chi connectivity index (χ3n) is 5.09. The van der Waals surface area contributed by atoms with Gasteiger partial charge in [-0.1, -0.05) is 18.2 Å². The van der Waals surface area contributed by atoms with Gasteiger partial charge < -0.3 is 25.0 Å². The second-order valence-electron chi connectivity index (χ2n) is 8.03. The number of carbonyl (C=O) groups is 4. The number of esters is 1. The van der Waals surface area contributed by atoms with E-state index in [9.17, 15) is 19.2 Å². The van der Waals surface area contributed by atoms with Crippen molar-refractivity contribution in [3.63, 3.8) is 0 Å². The van der Waals surface area contributed by atoms with Gasteiger partial charge in [0.25, 0.3) is 5.91 Å². The number of nitrogens with zero attached hydrogens (tertiary/aromatic N) is 1. The van der Waals surface area contributed by atoms with E-state index in [1.165, 1.54) is 36.9 Å². The van der Waals surface area contributed by atoms with Crippen molar-refractivity contribution in [1.29, 1.82) is 0 Å². The van der Waals surface area contributed by atoms with Crippen LogP contribution in [-0.4, -0.2) is 49.4 Å². The van der Waals surface area contributed by atoms with Gasteiger partial charge >= 0.3 is 5.97 Å². The van der Waals surface area contributed by atoms with Crippen LogP contribution in [-0.2, 0) is 25.7 Å². The van der Waals surface area contributed by atoms with Crippen LogP contribution in [0.25, 0.3) is 10.8 Å². The van der Waals surface area contributed by atoms with E-state index in [0.717, 1.165) is 22.1 Å². The lowest BCUT2D eigenvalue weighted by Gasteiger charge is -2.18. The molecule has 0 radical (unpaired) electrons. The zero-order valence-corrected chi connectivity index (χ0v) is 20.0. The van der Waals surface area contributed by atoms with Crippen molar-refractivity contribution in [1.82, 2.24) is 4.90 Å². The molecule has 0 fully saturated rings. The molecule has 3 rings (SSSR count). The minimum Gasteiger partial charge on any atom is -0.497 e. The van der Waals surface area contributed by atoms with Crippen LogP contribution in [0.1, 0.15) is 29.8 Å². The molecule has 3 aromatic carbocycles. The average molecular weight is 478 g/mol. The number of anilines is 2. The van der Waals surface area contributed by atoms with E-state index in [1.54, 1.807) is 14.2 Å². The largest absolute Gasteiger partial charge is 0.497 e. The second kappa shape index (κ2) is 11.1. The fourth-order valence-corrected chi connectivity index (χ4v) is 3.48. The molecule has 0 bridgehead atoms. The number of amides is 3. The highest BCUT2D eigenvalue weighted by molar-refractivity contribution is 5.98. The van der Waals surface area contributed by atoms with Crippen LogP contribution in [0, 0.1) is 0 Å². The first-order valence-electron chi connectivity index (χ1n) is 10.8. The summed E-state index contributed by atoms with van der Waals surface area (Å²) in [6, 6.07) is 16.0. The topological polar surface area (TPSA) is 114 Å². The summed E-state index contributed by atoms with van der Waals surface area (Å²) in [5.41, 5.74) is 1.63. The number of rotatable bonds is 8. The lowest BCUT2D eigenvalue weighted by molar-refractivity contribution is -0.133. The van der Waals surface area contributed by atoms with Crippen LogP contribution in [0.3, 0.4) is 0 Å². The molecular weight excluding hydrogens is 450 g/mol. The van der Waals surface area contributed by atoms with Gasteiger partial charge in [0, 0.05) is 38.8 Å². The van der Waals surface area contributed by atoms with Gasteiger partial charge in [0.1, 0.15) is 5.75 Å². The molecule has 0 saturated carbocycles. The van der Waals surface area contributed by atoms with E-state index in [4.69, 9.17) is 9.47 Å². The molecule has 0 spiro atoms. The maximum absolute atomic E-state index is 12.6. The monoisotopic (exact) mass is 477 g/mol. The molecule has 3 amide bonds. The molecule has 0 aliphatic carbocycles. The molecule has 0 aliphatic rings. The molecule has 0 heterocycles. The highest BCUT2D eigenvalue weighted by atomic mass is 16.5. The predicted octanol–water partition coefficient (Wildman–Crippen LogP) is 3.58. The molecule has 0 aliphatic heterocycles. The third kappa shape index (κ3) is 7.04. The van der Waals surface area contributed by atoms with E-state index in [1.807, 2.05) is 36.4 Å². The molecule has 9 heteroatoms. The van der Waals surface area contributed by atoms with Crippen molar-refractivity contribution in [2.24, 2.45) is 0 Å². The van der Waals surface area contributed by atoms with Crippen LogP contribution >= 0.6 is 0 Å². The Bertz CT molecular complexity index is 1250. The van der Waals surface area contributed by atoms with E-state index in [2.05, 4.69) is 10.6 Å². The minimum atomic E-state index is -0.759. The quantitative estimate of drug-likeness (QED) is 0.480. The molecule has 35 heavy (non-hydrogen) atoms. The van der Waals surface area contributed by atoms with Crippen LogP contribution < -0.4 is 15.4 Å². The van der Waals surface area contributed by atoms with Gasteiger partial charge in [-0.25, -0.2) is 4.79 Å². The number of carbonyl (C=O) groups excluding carboxylic acids is 4. The predicted molar refractivity (Wildman–Crippen MR) is 132 cm³/mol. The number of nitrogens with one attached hydrogen (secondary N) is 2. The Labute approximate surface area is 203 Å². The summed E-state index contributed by atoms with van der Waals surface area (Å²) in [6.45, 7) is 2.52. The normalized spacial score (nSPS) is 10.4. The lowest BCUT2D eigenvalue weighted by Crippen LogP contribution is -2.30. The van der Waals surface area contributed by atoms with Gasteiger partial charge in [0.05, 0.1) is 12.7 Å². The first-order valence-corrected chi connectivity index (χ1v) is 10.8. The van der Waals surface area contributed by atoms with Crippen molar-refractivity contribution < 1.29 is 28.7 Å². The minimum absolute atomic E-state index is 0.0837. The molecule has 182 valence electrons. The average Bonchev–Trinajstić information content (AvgIpc) is 2.80. The summed E-state index contributed by atoms with van der Waals surface area (Å²) < 4.78 is 10.4. The zero-order chi connectivity index (χ0) is 25.5. The third-order valence-corrected chi connectivity index (χ3v) is 5.09. The van der Waals surface area contributed by atoms with Crippen LogP contribution in [0.5, 0.6) is 5.75 Å². The van der Waals surface area contributed by atoms with Crippen molar-refractivity contribution in [2.45, 2.75) is 20.4 Å². The Balaban J connectivity index is 1.64. The number of benzene rings is 3. The smallest absolute Gasteiger partial charge is 0.338 e. The first-order chi connectivity index (χ1) is 16.6. The van der Waals surface area contributed by atoms with Gasteiger partial charge in [-0.15, -0.1) is 0 Å². The van der Waals surface area contributed by atoms with Crippen molar-refractivity contribution >= 4 is 45.8 Å². The number of ether oxygens (including phenoxy) is 2. The summed E-state index contributed by atoms with van der Waals surface area (Å²) in [4.78, 5) is 49.4. The first kappa shape index (κ1) is 25.2. The Hall–Kier alpha value is -4.40. The number of hydrogen-bond acceptors (Lipinski definition) is 6. The number of methoxy groups -OCH3 is 1. The highest BCUT2D eigenvalue weighted by Gasteiger charge is 2.16. The highest BCUT2D eigenvalue weighted by Crippen LogP contribution is 2.23. The molecule has 2 N–H and O–H groups in total. The molecule has 0 atom stereocenters. The summed E-state index contributed by atoms with van der Waals surface area (Å²) >= 11 is 0. The fraction of sp³-hybridized carbons (Fsp3) is 0.231. The molecule has 0 aromatic heterocycles. The Morgan fingerprint density at radius 3 is 2.03 bits per heavy atom. The maximum Gasteiger partial charge on any atom is 0.338 e. The summed E-state index contributed by atoms with van der Waals surface area (Å²) in [6.07, 6.45) is 0. The Kier molecular flexibility index (Phi) is 8.04. The standard InChI is InChI=1S/C26H27N3O6/c1-16(30)27-22-10-21(11-23(13-22)28-17(2)31)26(33)35-15-25(32)29(3)14-18-5-6-20-12-24(34-4)8-7-19(20)9-18/h5-13H,14-15H2,1-4H3,(H,27,30)(H,28,31). The zero-order valence-electron chi connectivity index (χ0n) is 20.0. The van der Waals surface area contributed by atoms with Crippen LogP contribution in [0.2, 0.25) is 0 Å². The number of fused-ring (bicyclic) bond motifs is 1. The van der Waals surface area contributed by atoms with Gasteiger partial charge in [0.15, 0.2) is 6.61 Å². The summed E-state index contributed by atoms with van der Waals surface area (Å²) in [5.74, 6) is -1.05. The lowest BCUT2D eigenvalue weighted by atomic mass is 10.1. The van der Waals surface area contributed by atoms with E-state index in [0.29, 0.717) is 17.9 Å². The SMILES string of the molecule is COc1ccc2cc(CN(C)C(=O)COC(=O)c3cc(NC(C)=O)cc(NC(C)=O)c3)ccc2c1. The molecule has 3 aromatic rings. The maximum atomic E-state index is 12.6. The van der Waals surface area contributed by atoms with Crippen molar-refractivity contribution in [3.05, 3.63) is 65.7 Å². The van der Waals surface area contributed by atoms with Gasteiger partial charge in [-0.2, -0.15) is 0 Å². The molecule has 0 saturated heterocycles. The second-order valence-corrected chi connectivity index (χ2v) is 8.03. The summed E-state index contributed by atoms with van der Waals surface area (Å²) in [7, 11) is 3.24. The van der Waals surface area contributed by atoms with Crippen LogP contribution in [0.4, 0.5) is 11.4 Å². The van der Waals surface area contributed by atoms with Gasteiger partial charge in [0.2, 0.25) is 11.8 Å². The Morgan fingerprint density at radius 1 is 0.829 bits per heavy atom. The van der Waals surface area contributed by atoms with Gasteiger partial charge in [-0.3, -0.25) is 14.4 Å². The number of hydrogen-bond donors (Lipinski definition) is 2. The van der Waals surface area contributed by atoms with Gasteiger partial charge in [-0.05, 0) is 52.7 Å². The fourth-order valence-electron chi connectivity index (χ4n) is 3.48. The van der Waals surface area contributed by atoms with E-state index < -0.39 is 12.6 Å². The van der Waals surface area contributed by atoms with E-state index >= 15 is 0 Å². The molecule has 0 unspecified atom stereocenters. The summed E-state index contributed by atoms with van der Waals surface area (Å²) in [5, 5.41) is 7.17. The van der Waals surface area contributed by atoms with Crippen molar-refractivity contribution in [3.8, 4) is 5.75 Å². The van der Waals surface area contributed by atoms with Crippen LogP contribution in [0.15, 0.2) is 54.6 Å². The number of likely N-dealkylation sites (N-methyl/N-ethyl adjacent to an activating group) is 1. The van der Waals surface area contributed by atoms with E-state index in [-0.39, 0.29) is 23.3 Å². The molecule has 9 nitrogen and oxygen atoms in total. The van der Waals surface area contributed by atoms with Crippen molar-refractivity contribution in [2.75, 3.05) is 31.4 Å². The molecular formula is C26H27N3O6. The Morgan fingerprint density at radius 2 is 1.43 bits per heavy atom.